The number of halogens is 3. The Morgan fingerprint density at radius 3 is 2.36 bits per heavy atom. The molecule has 0 saturated heterocycles. The molecule has 1 aliphatic carbocycles. The summed E-state index contributed by atoms with van der Waals surface area (Å²) in [6, 6.07) is 5.54. The lowest BCUT2D eigenvalue weighted by Gasteiger charge is -2.13. The SMILES string of the molecule is O=C(CCC(=O)NC1CCCC1)NCCc1ccccc1C(F)(F)F. The van der Waals surface area contributed by atoms with Crippen molar-refractivity contribution in [2.45, 2.75) is 57.2 Å². The maximum absolute atomic E-state index is 12.9. The van der Waals surface area contributed by atoms with Gasteiger partial charge >= 0.3 is 6.18 Å². The quantitative estimate of drug-likeness (QED) is 0.788. The third-order valence-corrected chi connectivity index (χ3v) is 4.34. The molecule has 0 unspecified atom stereocenters. The molecule has 0 spiro atoms. The standard InChI is InChI=1S/C18H23F3N2O2/c19-18(20,21)15-8-4-1-5-13(15)11-12-22-16(24)9-10-17(25)23-14-6-2-3-7-14/h1,4-5,8,14H,2-3,6-7,9-12H2,(H,22,24)(H,23,25). The lowest BCUT2D eigenvalue weighted by atomic mass is 10.0. The van der Waals surface area contributed by atoms with E-state index in [9.17, 15) is 22.8 Å². The maximum atomic E-state index is 12.9. The van der Waals surface area contributed by atoms with Crippen molar-refractivity contribution >= 4 is 11.8 Å². The van der Waals surface area contributed by atoms with E-state index in [1.165, 1.54) is 12.1 Å². The molecular weight excluding hydrogens is 333 g/mol. The molecule has 1 aromatic carbocycles. The molecule has 1 saturated carbocycles. The van der Waals surface area contributed by atoms with Gasteiger partial charge in [0.15, 0.2) is 0 Å². The Balaban J connectivity index is 1.69. The zero-order valence-corrected chi connectivity index (χ0v) is 14.0. The molecule has 7 heteroatoms. The molecule has 2 N–H and O–H groups in total. The highest BCUT2D eigenvalue weighted by Gasteiger charge is 2.32. The monoisotopic (exact) mass is 356 g/mol. The molecule has 0 aliphatic heterocycles. The van der Waals surface area contributed by atoms with E-state index in [1.54, 1.807) is 6.07 Å². The van der Waals surface area contributed by atoms with Gasteiger partial charge in [-0.3, -0.25) is 9.59 Å². The highest BCUT2D eigenvalue weighted by atomic mass is 19.4. The van der Waals surface area contributed by atoms with Gasteiger partial charge in [-0.15, -0.1) is 0 Å². The lowest BCUT2D eigenvalue weighted by Crippen LogP contribution is -2.34. The van der Waals surface area contributed by atoms with Crippen LogP contribution in [0.2, 0.25) is 0 Å². The van der Waals surface area contributed by atoms with Crippen LogP contribution >= 0.6 is 0 Å². The van der Waals surface area contributed by atoms with Crippen molar-refractivity contribution < 1.29 is 22.8 Å². The predicted molar refractivity (Wildman–Crippen MR) is 87.8 cm³/mol. The van der Waals surface area contributed by atoms with E-state index in [-0.39, 0.29) is 49.2 Å². The molecule has 4 nitrogen and oxygen atoms in total. The number of amides is 2. The molecule has 2 rings (SSSR count). The fourth-order valence-electron chi connectivity index (χ4n) is 3.04. The second-order valence-electron chi connectivity index (χ2n) is 6.30. The Kier molecular flexibility index (Phi) is 6.84. The predicted octanol–water partition coefficient (Wildman–Crippen LogP) is 3.20. The van der Waals surface area contributed by atoms with Crippen molar-refractivity contribution in [3.05, 3.63) is 35.4 Å². The van der Waals surface area contributed by atoms with Crippen molar-refractivity contribution in [1.29, 1.82) is 0 Å². The first-order chi connectivity index (χ1) is 11.9. The summed E-state index contributed by atoms with van der Waals surface area (Å²) in [6.07, 6.45) is 0.0261. The molecule has 2 amide bonds. The molecule has 138 valence electrons. The van der Waals surface area contributed by atoms with Gasteiger partial charge in [0.05, 0.1) is 5.56 Å². The van der Waals surface area contributed by atoms with Gasteiger partial charge in [0.2, 0.25) is 11.8 Å². The summed E-state index contributed by atoms with van der Waals surface area (Å²) in [5.74, 6) is -0.476. The number of nitrogens with one attached hydrogen (secondary N) is 2. The van der Waals surface area contributed by atoms with Crippen LogP contribution in [-0.4, -0.2) is 24.4 Å². The van der Waals surface area contributed by atoms with Crippen LogP contribution in [0.5, 0.6) is 0 Å². The van der Waals surface area contributed by atoms with E-state index in [0.29, 0.717) is 0 Å². The van der Waals surface area contributed by atoms with Crippen LogP contribution in [0.3, 0.4) is 0 Å². The molecule has 0 heterocycles. The first kappa shape index (κ1) is 19.3. The van der Waals surface area contributed by atoms with Crippen molar-refractivity contribution in [3.8, 4) is 0 Å². The van der Waals surface area contributed by atoms with Crippen LogP contribution in [0, 0.1) is 0 Å². The number of rotatable bonds is 7. The van der Waals surface area contributed by atoms with Gasteiger partial charge in [-0.2, -0.15) is 13.2 Å². The minimum absolute atomic E-state index is 0.0411. The second-order valence-corrected chi connectivity index (χ2v) is 6.30. The van der Waals surface area contributed by atoms with E-state index in [0.717, 1.165) is 31.7 Å². The minimum Gasteiger partial charge on any atom is -0.356 e. The van der Waals surface area contributed by atoms with Crippen LogP contribution in [0.4, 0.5) is 13.2 Å². The molecule has 1 aliphatic rings. The third kappa shape index (κ3) is 6.40. The summed E-state index contributed by atoms with van der Waals surface area (Å²) in [5, 5.41) is 5.47. The fourth-order valence-corrected chi connectivity index (χ4v) is 3.04. The third-order valence-electron chi connectivity index (χ3n) is 4.34. The summed E-state index contributed by atoms with van der Waals surface area (Å²) >= 11 is 0. The minimum atomic E-state index is -4.40. The number of benzene rings is 1. The van der Waals surface area contributed by atoms with E-state index in [1.807, 2.05) is 0 Å². The van der Waals surface area contributed by atoms with Crippen molar-refractivity contribution in [1.82, 2.24) is 10.6 Å². The van der Waals surface area contributed by atoms with E-state index < -0.39 is 11.7 Å². The van der Waals surface area contributed by atoms with Crippen molar-refractivity contribution in [2.24, 2.45) is 0 Å². The van der Waals surface area contributed by atoms with Gasteiger partial charge in [0.25, 0.3) is 0 Å². The Labute approximate surface area is 145 Å². The first-order valence-corrected chi connectivity index (χ1v) is 8.57. The Morgan fingerprint density at radius 1 is 1.04 bits per heavy atom. The highest BCUT2D eigenvalue weighted by Crippen LogP contribution is 2.31. The Morgan fingerprint density at radius 2 is 1.68 bits per heavy atom. The van der Waals surface area contributed by atoms with Gasteiger partial charge in [-0.25, -0.2) is 0 Å². The fraction of sp³-hybridized carbons (Fsp3) is 0.556. The second kappa shape index (κ2) is 8.87. The molecule has 0 aromatic heterocycles. The molecule has 0 radical (unpaired) electrons. The van der Waals surface area contributed by atoms with Gasteiger partial charge in [-0.05, 0) is 30.9 Å². The first-order valence-electron chi connectivity index (χ1n) is 8.57. The normalized spacial score (nSPS) is 15.2. The van der Waals surface area contributed by atoms with Gasteiger partial charge < -0.3 is 10.6 Å². The summed E-state index contributed by atoms with van der Waals surface area (Å²) in [7, 11) is 0. The van der Waals surface area contributed by atoms with Crippen LogP contribution in [0.1, 0.15) is 49.7 Å². The average molecular weight is 356 g/mol. The number of carbonyl (C=O) groups excluding carboxylic acids is 2. The topological polar surface area (TPSA) is 58.2 Å². The Bertz CT molecular complexity index is 596. The van der Waals surface area contributed by atoms with Crippen molar-refractivity contribution in [2.75, 3.05) is 6.54 Å². The van der Waals surface area contributed by atoms with Crippen LogP contribution < -0.4 is 10.6 Å². The summed E-state index contributed by atoms with van der Waals surface area (Å²) in [6.45, 7) is 0.107. The molecule has 0 atom stereocenters. The summed E-state index contributed by atoms with van der Waals surface area (Å²) < 4.78 is 38.6. The van der Waals surface area contributed by atoms with Crippen LogP contribution in [0.15, 0.2) is 24.3 Å². The smallest absolute Gasteiger partial charge is 0.356 e. The zero-order valence-electron chi connectivity index (χ0n) is 14.0. The van der Waals surface area contributed by atoms with Crippen LogP contribution in [-0.2, 0) is 22.2 Å². The molecule has 25 heavy (non-hydrogen) atoms. The van der Waals surface area contributed by atoms with Gasteiger partial charge in [0, 0.05) is 25.4 Å². The number of hydrogen-bond acceptors (Lipinski definition) is 2. The van der Waals surface area contributed by atoms with E-state index >= 15 is 0 Å². The molecule has 0 bridgehead atoms. The van der Waals surface area contributed by atoms with E-state index in [4.69, 9.17) is 0 Å². The largest absolute Gasteiger partial charge is 0.416 e. The maximum Gasteiger partial charge on any atom is 0.416 e. The number of hydrogen-bond donors (Lipinski definition) is 2. The molecule has 1 aromatic rings. The number of alkyl halides is 3. The summed E-state index contributed by atoms with van der Waals surface area (Å²) in [4.78, 5) is 23.5. The lowest BCUT2D eigenvalue weighted by molar-refractivity contribution is -0.138. The van der Waals surface area contributed by atoms with E-state index in [2.05, 4.69) is 10.6 Å². The molecule has 1 fully saturated rings. The van der Waals surface area contributed by atoms with Crippen LogP contribution in [0.25, 0.3) is 0 Å². The zero-order chi connectivity index (χ0) is 18.3. The average Bonchev–Trinajstić information content (AvgIpc) is 3.05. The van der Waals surface area contributed by atoms with Gasteiger partial charge in [-0.1, -0.05) is 31.0 Å². The molecular formula is C18H23F3N2O2. The Hall–Kier alpha value is -2.05. The highest BCUT2D eigenvalue weighted by molar-refractivity contribution is 5.83. The summed E-state index contributed by atoms with van der Waals surface area (Å²) in [5.41, 5.74) is -0.533. The number of carbonyl (C=O) groups is 2. The van der Waals surface area contributed by atoms with Crippen molar-refractivity contribution in [3.63, 3.8) is 0 Å². The van der Waals surface area contributed by atoms with Gasteiger partial charge in [0.1, 0.15) is 0 Å².